The van der Waals surface area contributed by atoms with E-state index in [1.165, 1.54) is 4.90 Å². The minimum atomic E-state index is -0.249. The van der Waals surface area contributed by atoms with Crippen LogP contribution in [0.3, 0.4) is 0 Å². The van der Waals surface area contributed by atoms with Gasteiger partial charge in [0.2, 0.25) is 11.8 Å². The van der Waals surface area contributed by atoms with E-state index in [9.17, 15) is 9.59 Å². The van der Waals surface area contributed by atoms with E-state index in [2.05, 4.69) is 10.4 Å². The molecule has 25 heavy (non-hydrogen) atoms. The number of nitrogens with zero attached hydrogens (tertiary/aromatic N) is 3. The molecule has 2 rings (SSSR count). The van der Waals surface area contributed by atoms with Gasteiger partial charge in [-0.05, 0) is 38.1 Å². The van der Waals surface area contributed by atoms with E-state index in [0.29, 0.717) is 11.4 Å². The minimum Gasteiger partial charge on any atom is -0.497 e. The number of nitrogens with one attached hydrogen (secondary N) is 1. The average molecular weight is 344 g/mol. The van der Waals surface area contributed by atoms with E-state index in [0.717, 1.165) is 17.0 Å². The number of rotatable bonds is 6. The summed E-state index contributed by atoms with van der Waals surface area (Å²) in [5.41, 5.74) is 3.37. The van der Waals surface area contributed by atoms with Gasteiger partial charge in [0.05, 0.1) is 25.8 Å². The lowest BCUT2D eigenvalue weighted by molar-refractivity contribution is -0.132. The van der Waals surface area contributed by atoms with Gasteiger partial charge in [0.1, 0.15) is 5.75 Å². The number of ether oxygens (including phenoxy) is 1. The minimum absolute atomic E-state index is 0.0107. The topological polar surface area (TPSA) is 76.5 Å². The van der Waals surface area contributed by atoms with Crippen molar-refractivity contribution >= 4 is 17.5 Å². The Labute approximate surface area is 147 Å². The Balaban J connectivity index is 1.92. The van der Waals surface area contributed by atoms with Crippen molar-refractivity contribution in [2.24, 2.45) is 7.05 Å². The SMILES string of the molecule is COc1ccc(NC(=O)CN(C)C(=O)Cc2c(C)nn(C)c2C)cc1. The summed E-state index contributed by atoms with van der Waals surface area (Å²) in [5.74, 6) is 0.345. The number of anilines is 1. The summed E-state index contributed by atoms with van der Waals surface area (Å²) in [6.07, 6.45) is 0.234. The van der Waals surface area contributed by atoms with Crippen molar-refractivity contribution in [3.05, 3.63) is 41.2 Å². The lowest BCUT2D eigenvalue weighted by Gasteiger charge is -2.17. The van der Waals surface area contributed by atoms with Gasteiger partial charge < -0.3 is 15.0 Å². The fraction of sp³-hybridized carbons (Fsp3) is 0.389. The number of benzene rings is 1. The summed E-state index contributed by atoms with van der Waals surface area (Å²) in [6, 6.07) is 7.03. The van der Waals surface area contributed by atoms with Gasteiger partial charge in [-0.25, -0.2) is 0 Å². The highest BCUT2D eigenvalue weighted by Crippen LogP contribution is 2.15. The summed E-state index contributed by atoms with van der Waals surface area (Å²) in [4.78, 5) is 25.9. The fourth-order valence-corrected chi connectivity index (χ4v) is 2.54. The van der Waals surface area contributed by atoms with Crippen molar-refractivity contribution in [1.29, 1.82) is 0 Å². The third-order valence-corrected chi connectivity index (χ3v) is 4.17. The van der Waals surface area contributed by atoms with Crippen LogP contribution in [-0.4, -0.2) is 47.2 Å². The number of methoxy groups -OCH3 is 1. The summed E-state index contributed by atoms with van der Waals surface area (Å²) in [6.45, 7) is 3.80. The first-order valence-electron chi connectivity index (χ1n) is 7.98. The van der Waals surface area contributed by atoms with Crippen LogP contribution < -0.4 is 10.1 Å². The molecule has 0 bridgehead atoms. The summed E-state index contributed by atoms with van der Waals surface area (Å²) >= 11 is 0. The number of carbonyl (C=O) groups excluding carboxylic acids is 2. The van der Waals surface area contributed by atoms with E-state index < -0.39 is 0 Å². The molecule has 1 aromatic carbocycles. The number of hydrogen-bond donors (Lipinski definition) is 1. The van der Waals surface area contributed by atoms with E-state index in [1.54, 1.807) is 43.1 Å². The Morgan fingerprint density at radius 1 is 1.24 bits per heavy atom. The third-order valence-electron chi connectivity index (χ3n) is 4.17. The molecule has 0 aliphatic carbocycles. The van der Waals surface area contributed by atoms with Crippen LogP contribution in [0.5, 0.6) is 5.75 Å². The molecule has 1 aromatic heterocycles. The highest BCUT2D eigenvalue weighted by molar-refractivity contribution is 5.94. The molecule has 1 N–H and O–H groups in total. The van der Waals surface area contributed by atoms with E-state index in [4.69, 9.17) is 4.74 Å². The van der Waals surface area contributed by atoms with Crippen molar-refractivity contribution < 1.29 is 14.3 Å². The Morgan fingerprint density at radius 3 is 2.40 bits per heavy atom. The Hall–Kier alpha value is -2.83. The maximum atomic E-state index is 12.4. The number of aryl methyl sites for hydroxylation is 2. The van der Waals surface area contributed by atoms with Gasteiger partial charge in [-0.2, -0.15) is 5.10 Å². The van der Waals surface area contributed by atoms with Crippen LogP contribution in [-0.2, 0) is 23.1 Å². The first-order valence-corrected chi connectivity index (χ1v) is 7.98. The molecule has 7 heteroatoms. The molecule has 0 saturated carbocycles. The van der Waals surface area contributed by atoms with Crippen molar-refractivity contribution in [3.63, 3.8) is 0 Å². The van der Waals surface area contributed by atoms with Crippen LogP contribution in [0.2, 0.25) is 0 Å². The zero-order valence-electron chi connectivity index (χ0n) is 15.3. The number of aromatic nitrogens is 2. The molecule has 0 aliphatic rings. The van der Waals surface area contributed by atoms with E-state index in [-0.39, 0.29) is 24.8 Å². The smallest absolute Gasteiger partial charge is 0.243 e. The number of amides is 2. The normalized spacial score (nSPS) is 10.4. The third kappa shape index (κ3) is 4.59. The van der Waals surface area contributed by atoms with Gasteiger partial charge in [-0.3, -0.25) is 14.3 Å². The second kappa shape index (κ2) is 7.83. The first kappa shape index (κ1) is 18.5. The van der Waals surface area contributed by atoms with Crippen molar-refractivity contribution in [1.82, 2.24) is 14.7 Å². The standard InChI is InChI=1S/C18H24N4O3/c1-12-16(13(2)22(4)20-12)10-18(24)21(3)11-17(23)19-14-6-8-15(25-5)9-7-14/h6-9H,10-11H2,1-5H3,(H,19,23). The molecule has 134 valence electrons. The predicted molar refractivity (Wildman–Crippen MR) is 95.6 cm³/mol. The zero-order chi connectivity index (χ0) is 18.6. The lowest BCUT2D eigenvalue weighted by Crippen LogP contribution is -2.36. The highest BCUT2D eigenvalue weighted by atomic mass is 16.5. The monoisotopic (exact) mass is 344 g/mol. The highest BCUT2D eigenvalue weighted by Gasteiger charge is 2.18. The molecular weight excluding hydrogens is 320 g/mol. The second-order valence-corrected chi connectivity index (χ2v) is 5.98. The summed E-state index contributed by atoms with van der Waals surface area (Å²) in [7, 11) is 5.05. The molecule has 0 saturated heterocycles. The quantitative estimate of drug-likeness (QED) is 0.865. The van der Waals surface area contributed by atoms with Crippen LogP contribution in [0, 0.1) is 13.8 Å². The molecule has 0 fully saturated rings. The number of hydrogen-bond acceptors (Lipinski definition) is 4. The average Bonchev–Trinajstić information content (AvgIpc) is 2.81. The van der Waals surface area contributed by atoms with Crippen molar-refractivity contribution in [2.75, 3.05) is 26.0 Å². The largest absolute Gasteiger partial charge is 0.497 e. The molecule has 0 radical (unpaired) electrons. The van der Waals surface area contributed by atoms with Gasteiger partial charge >= 0.3 is 0 Å². The van der Waals surface area contributed by atoms with Gasteiger partial charge in [-0.1, -0.05) is 0 Å². The van der Waals surface area contributed by atoms with Gasteiger partial charge in [-0.15, -0.1) is 0 Å². The Bertz CT molecular complexity index is 765. The maximum absolute atomic E-state index is 12.4. The number of carbonyl (C=O) groups is 2. The van der Waals surface area contributed by atoms with Crippen LogP contribution >= 0.6 is 0 Å². The zero-order valence-corrected chi connectivity index (χ0v) is 15.3. The van der Waals surface area contributed by atoms with Crippen LogP contribution in [0.4, 0.5) is 5.69 Å². The van der Waals surface area contributed by atoms with Crippen molar-refractivity contribution in [3.8, 4) is 5.75 Å². The molecule has 7 nitrogen and oxygen atoms in total. The fourth-order valence-electron chi connectivity index (χ4n) is 2.54. The van der Waals surface area contributed by atoms with Crippen LogP contribution in [0.15, 0.2) is 24.3 Å². The molecule has 0 atom stereocenters. The van der Waals surface area contributed by atoms with Gasteiger partial charge in [0, 0.05) is 31.0 Å². The van der Waals surface area contributed by atoms with E-state index in [1.807, 2.05) is 20.9 Å². The second-order valence-electron chi connectivity index (χ2n) is 5.98. The molecule has 1 heterocycles. The van der Waals surface area contributed by atoms with Crippen LogP contribution in [0.1, 0.15) is 17.0 Å². The van der Waals surface area contributed by atoms with Crippen molar-refractivity contribution in [2.45, 2.75) is 20.3 Å². The molecule has 0 spiro atoms. The van der Waals surface area contributed by atoms with E-state index >= 15 is 0 Å². The first-order chi connectivity index (χ1) is 11.8. The predicted octanol–water partition coefficient (Wildman–Crippen LogP) is 1.69. The molecular formula is C18H24N4O3. The Kier molecular flexibility index (Phi) is 5.80. The maximum Gasteiger partial charge on any atom is 0.243 e. The molecule has 0 unspecified atom stereocenters. The molecule has 2 aromatic rings. The number of likely N-dealkylation sites (N-methyl/N-ethyl adjacent to an activating group) is 1. The van der Waals surface area contributed by atoms with Crippen LogP contribution in [0.25, 0.3) is 0 Å². The molecule has 2 amide bonds. The van der Waals surface area contributed by atoms with Gasteiger partial charge in [0.25, 0.3) is 0 Å². The van der Waals surface area contributed by atoms with Gasteiger partial charge in [0.15, 0.2) is 0 Å². The summed E-state index contributed by atoms with van der Waals surface area (Å²) in [5, 5.41) is 7.08. The Morgan fingerprint density at radius 2 is 1.88 bits per heavy atom. The summed E-state index contributed by atoms with van der Waals surface area (Å²) < 4.78 is 6.83. The lowest BCUT2D eigenvalue weighted by atomic mass is 10.1. The molecule has 0 aliphatic heterocycles.